The molecule has 1 unspecified atom stereocenters. The van der Waals surface area contributed by atoms with Gasteiger partial charge < -0.3 is 10.6 Å². The lowest BCUT2D eigenvalue weighted by Gasteiger charge is -2.25. The van der Waals surface area contributed by atoms with Crippen molar-refractivity contribution in [2.24, 2.45) is 0 Å². The van der Waals surface area contributed by atoms with Crippen LogP contribution in [0.3, 0.4) is 0 Å². The van der Waals surface area contributed by atoms with Gasteiger partial charge in [0.05, 0.1) is 11.7 Å². The minimum absolute atomic E-state index is 0.0424. The summed E-state index contributed by atoms with van der Waals surface area (Å²) >= 11 is 0. The Morgan fingerprint density at radius 1 is 1.19 bits per heavy atom. The summed E-state index contributed by atoms with van der Waals surface area (Å²) in [6, 6.07) is 12.0. The average Bonchev–Trinajstić information content (AvgIpc) is 2.48. The molecule has 0 radical (unpaired) electrons. The lowest BCUT2D eigenvalue weighted by atomic mass is 10.0. The molecule has 0 bridgehead atoms. The molecule has 0 aliphatic heterocycles. The average molecular weight is 286 g/mol. The van der Waals surface area contributed by atoms with E-state index in [9.17, 15) is 9.18 Å². The van der Waals surface area contributed by atoms with Gasteiger partial charge in [-0.15, -0.1) is 0 Å². The van der Waals surface area contributed by atoms with Crippen molar-refractivity contribution in [1.29, 1.82) is 0 Å². The number of aryl methyl sites for hydroxylation is 1. The first-order chi connectivity index (χ1) is 9.90. The van der Waals surface area contributed by atoms with Gasteiger partial charge in [-0.05, 0) is 37.6 Å². The molecule has 3 nitrogen and oxygen atoms in total. The molecule has 0 saturated carbocycles. The van der Waals surface area contributed by atoms with Crippen molar-refractivity contribution in [1.82, 2.24) is 4.90 Å². The molecule has 1 amide bonds. The Bertz CT molecular complexity index is 652. The van der Waals surface area contributed by atoms with Crippen LogP contribution in [0, 0.1) is 12.7 Å². The molecule has 1 atom stereocenters. The van der Waals surface area contributed by atoms with Gasteiger partial charge in [0, 0.05) is 12.6 Å². The van der Waals surface area contributed by atoms with E-state index >= 15 is 0 Å². The first kappa shape index (κ1) is 15.0. The molecule has 2 N–H and O–H groups in total. The Morgan fingerprint density at radius 2 is 1.81 bits per heavy atom. The Balaban J connectivity index is 2.21. The topological polar surface area (TPSA) is 46.3 Å². The second-order valence-electron chi connectivity index (χ2n) is 5.24. The van der Waals surface area contributed by atoms with E-state index in [-0.39, 0.29) is 17.6 Å². The van der Waals surface area contributed by atoms with Crippen molar-refractivity contribution >= 4 is 11.6 Å². The van der Waals surface area contributed by atoms with Crippen molar-refractivity contribution in [3.05, 3.63) is 65.0 Å². The van der Waals surface area contributed by atoms with Gasteiger partial charge in [0.15, 0.2) is 0 Å². The highest BCUT2D eigenvalue weighted by atomic mass is 19.1. The molecule has 21 heavy (non-hydrogen) atoms. The molecule has 0 aliphatic carbocycles. The summed E-state index contributed by atoms with van der Waals surface area (Å²) in [5.41, 5.74) is 7.97. The fraction of sp³-hybridized carbons (Fsp3) is 0.235. The highest BCUT2D eigenvalue weighted by Crippen LogP contribution is 2.22. The molecule has 2 rings (SSSR count). The summed E-state index contributed by atoms with van der Waals surface area (Å²) in [7, 11) is 1.71. The molecule has 0 fully saturated rings. The number of nitrogens with two attached hydrogens (primary N) is 1. The normalized spacial score (nSPS) is 12.0. The third-order valence-corrected chi connectivity index (χ3v) is 3.71. The third kappa shape index (κ3) is 3.21. The minimum atomic E-state index is -0.572. The van der Waals surface area contributed by atoms with Gasteiger partial charge in [0.1, 0.15) is 5.82 Å². The third-order valence-electron chi connectivity index (χ3n) is 3.71. The van der Waals surface area contributed by atoms with E-state index in [0.717, 1.165) is 5.56 Å². The number of hydrogen-bond acceptors (Lipinski definition) is 2. The zero-order valence-corrected chi connectivity index (χ0v) is 12.4. The van der Waals surface area contributed by atoms with E-state index in [1.54, 1.807) is 18.0 Å². The maximum atomic E-state index is 13.5. The fourth-order valence-electron chi connectivity index (χ4n) is 2.11. The molecular weight excluding hydrogens is 267 g/mol. The summed E-state index contributed by atoms with van der Waals surface area (Å²) in [5, 5.41) is 0. The number of nitrogen functional groups attached to an aromatic ring is 1. The smallest absolute Gasteiger partial charge is 0.254 e. The van der Waals surface area contributed by atoms with Crippen LogP contribution in [-0.2, 0) is 0 Å². The van der Waals surface area contributed by atoms with Crippen LogP contribution in [0.4, 0.5) is 10.1 Å². The van der Waals surface area contributed by atoms with E-state index < -0.39 is 5.82 Å². The standard InChI is InChI=1S/C17H19FN2O/c1-11-4-6-13(7-5-11)12(2)20(3)17(21)14-8-9-16(19)15(18)10-14/h4-10,12H,19H2,1-3H3. The van der Waals surface area contributed by atoms with Crippen molar-refractivity contribution in [2.75, 3.05) is 12.8 Å². The maximum absolute atomic E-state index is 13.5. The second-order valence-corrected chi connectivity index (χ2v) is 5.24. The quantitative estimate of drug-likeness (QED) is 0.877. The monoisotopic (exact) mass is 286 g/mol. The van der Waals surface area contributed by atoms with E-state index in [1.807, 2.05) is 38.1 Å². The second kappa shape index (κ2) is 5.95. The summed E-state index contributed by atoms with van der Waals surface area (Å²) in [4.78, 5) is 14.0. The molecule has 0 aliphatic rings. The SMILES string of the molecule is Cc1ccc(C(C)N(C)C(=O)c2ccc(N)c(F)c2)cc1. The first-order valence-corrected chi connectivity index (χ1v) is 6.79. The van der Waals surface area contributed by atoms with Crippen molar-refractivity contribution in [3.63, 3.8) is 0 Å². The number of benzene rings is 2. The van der Waals surface area contributed by atoms with Crippen molar-refractivity contribution < 1.29 is 9.18 Å². The van der Waals surface area contributed by atoms with Gasteiger partial charge in [-0.3, -0.25) is 4.79 Å². The number of rotatable bonds is 3. The van der Waals surface area contributed by atoms with Gasteiger partial charge in [-0.2, -0.15) is 0 Å². The number of hydrogen-bond donors (Lipinski definition) is 1. The van der Waals surface area contributed by atoms with Crippen LogP contribution < -0.4 is 5.73 Å². The number of carbonyl (C=O) groups is 1. The number of halogens is 1. The minimum Gasteiger partial charge on any atom is -0.396 e. The molecule has 2 aromatic rings. The van der Waals surface area contributed by atoms with E-state index in [4.69, 9.17) is 5.73 Å². The highest BCUT2D eigenvalue weighted by Gasteiger charge is 2.19. The fourth-order valence-corrected chi connectivity index (χ4v) is 2.11. The number of amides is 1. The van der Waals surface area contributed by atoms with Crippen molar-refractivity contribution in [2.45, 2.75) is 19.9 Å². The molecule has 0 saturated heterocycles. The molecule has 0 heterocycles. The summed E-state index contributed by atoms with van der Waals surface area (Å²) in [6.45, 7) is 3.96. The van der Waals surface area contributed by atoms with Gasteiger partial charge in [0.2, 0.25) is 0 Å². The van der Waals surface area contributed by atoms with Crippen molar-refractivity contribution in [3.8, 4) is 0 Å². The molecule has 2 aromatic carbocycles. The van der Waals surface area contributed by atoms with Crippen LogP contribution in [0.1, 0.15) is 34.5 Å². The molecular formula is C17H19FN2O. The molecule has 110 valence electrons. The highest BCUT2D eigenvalue weighted by molar-refractivity contribution is 5.94. The van der Waals surface area contributed by atoms with E-state index in [0.29, 0.717) is 5.56 Å². The van der Waals surface area contributed by atoms with Crippen LogP contribution in [0.2, 0.25) is 0 Å². The molecule has 0 aromatic heterocycles. The van der Waals surface area contributed by atoms with E-state index in [1.165, 1.54) is 17.7 Å². The lowest BCUT2D eigenvalue weighted by Crippen LogP contribution is -2.29. The lowest BCUT2D eigenvalue weighted by molar-refractivity contribution is 0.0742. The summed E-state index contributed by atoms with van der Waals surface area (Å²) in [5.74, 6) is -0.806. The van der Waals surface area contributed by atoms with Gasteiger partial charge in [-0.1, -0.05) is 29.8 Å². The van der Waals surface area contributed by atoms with Crippen LogP contribution in [0.15, 0.2) is 42.5 Å². The largest absolute Gasteiger partial charge is 0.396 e. The summed E-state index contributed by atoms with van der Waals surface area (Å²) in [6.07, 6.45) is 0. The van der Waals surface area contributed by atoms with Crippen LogP contribution in [0.5, 0.6) is 0 Å². The number of anilines is 1. The van der Waals surface area contributed by atoms with Crippen LogP contribution >= 0.6 is 0 Å². The zero-order valence-electron chi connectivity index (χ0n) is 12.4. The first-order valence-electron chi connectivity index (χ1n) is 6.79. The van der Waals surface area contributed by atoms with E-state index in [2.05, 4.69) is 0 Å². The Morgan fingerprint density at radius 3 is 2.38 bits per heavy atom. The Hall–Kier alpha value is -2.36. The number of nitrogens with zero attached hydrogens (tertiary/aromatic N) is 1. The van der Waals surface area contributed by atoms with Crippen LogP contribution in [-0.4, -0.2) is 17.9 Å². The maximum Gasteiger partial charge on any atom is 0.254 e. The predicted octanol–water partition coefficient (Wildman–Crippen LogP) is 3.55. The van der Waals surface area contributed by atoms with Gasteiger partial charge in [-0.25, -0.2) is 4.39 Å². The summed E-state index contributed by atoms with van der Waals surface area (Å²) < 4.78 is 13.5. The molecule has 4 heteroatoms. The zero-order chi connectivity index (χ0) is 15.6. The van der Waals surface area contributed by atoms with Crippen LogP contribution in [0.25, 0.3) is 0 Å². The molecule has 0 spiro atoms. The van der Waals surface area contributed by atoms with Gasteiger partial charge in [0.25, 0.3) is 5.91 Å². The number of carbonyl (C=O) groups excluding carboxylic acids is 1. The Kier molecular flexibility index (Phi) is 4.26. The predicted molar refractivity (Wildman–Crippen MR) is 82.5 cm³/mol. The Labute approximate surface area is 124 Å². The van der Waals surface area contributed by atoms with Gasteiger partial charge >= 0.3 is 0 Å².